The van der Waals surface area contributed by atoms with E-state index in [1.54, 1.807) is 0 Å². The van der Waals surface area contributed by atoms with Gasteiger partial charge < -0.3 is 0 Å². The van der Waals surface area contributed by atoms with Gasteiger partial charge in [0.2, 0.25) is 0 Å². The molecule has 0 atom stereocenters. The van der Waals surface area contributed by atoms with E-state index < -0.39 is 0 Å². The fourth-order valence-corrected chi connectivity index (χ4v) is 12.0. The summed E-state index contributed by atoms with van der Waals surface area (Å²) in [5.74, 6) is 0. The van der Waals surface area contributed by atoms with Gasteiger partial charge in [-0.1, -0.05) is 60.7 Å². The summed E-state index contributed by atoms with van der Waals surface area (Å²) in [6, 6.07) is 48.5. The number of pyridine rings is 6. The molecular weight excluding hydrogens is 997 g/mol. The highest BCUT2D eigenvalue weighted by Gasteiger charge is 2.38. The number of aryl methyl sites for hydroxylation is 4. The van der Waals surface area contributed by atoms with E-state index in [1.807, 2.05) is 0 Å². The van der Waals surface area contributed by atoms with Crippen molar-refractivity contribution in [1.82, 2.24) is 0 Å². The molecular formula is C76H94N6+6. The van der Waals surface area contributed by atoms with Crippen LogP contribution in [0.3, 0.4) is 0 Å². The van der Waals surface area contributed by atoms with Crippen molar-refractivity contribution in [3.8, 4) is 22.3 Å². The molecule has 0 fully saturated rings. The van der Waals surface area contributed by atoms with Crippen molar-refractivity contribution in [3.05, 3.63) is 193 Å². The monoisotopic (exact) mass is 1090 g/mol. The Morgan fingerprint density at radius 2 is 0.524 bits per heavy atom. The van der Waals surface area contributed by atoms with Gasteiger partial charge in [0.05, 0.1) is 32.3 Å². The first-order valence-corrected chi connectivity index (χ1v) is 29.8. The average Bonchev–Trinajstić information content (AvgIpc) is 1.20. The highest BCUT2D eigenvalue weighted by Crippen LogP contribution is 2.37. The number of nitrogens with zero attached hydrogens (tertiary/aromatic N) is 6. The summed E-state index contributed by atoms with van der Waals surface area (Å²) in [4.78, 5) is 0. The Bertz CT molecular complexity index is 3950. The van der Waals surface area contributed by atoms with Crippen molar-refractivity contribution < 1.29 is 27.4 Å². The molecule has 0 saturated carbocycles. The van der Waals surface area contributed by atoms with Crippen LogP contribution in [-0.2, 0) is 33.2 Å². The van der Waals surface area contributed by atoms with Crippen LogP contribution in [0.4, 0.5) is 0 Å². The van der Waals surface area contributed by atoms with Gasteiger partial charge >= 0.3 is 0 Å². The molecule has 11 aromatic rings. The molecule has 6 heteroatoms. The van der Waals surface area contributed by atoms with Gasteiger partial charge in [0.25, 0.3) is 33.1 Å². The van der Waals surface area contributed by atoms with Crippen LogP contribution in [0.15, 0.2) is 171 Å². The summed E-state index contributed by atoms with van der Waals surface area (Å²) >= 11 is 0. The molecule has 0 spiro atoms. The summed E-state index contributed by atoms with van der Waals surface area (Å²) in [6.07, 6.45) is 13.6. The molecule has 0 unspecified atom stereocenters. The van der Waals surface area contributed by atoms with E-state index in [4.69, 9.17) is 0 Å². The summed E-state index contributed by atoms with van der Waals surface area (Å²) in [6.45, 7) is 50.0. The molecule has 0 radical (unpaired) electrons. The summed E-state index contributed by atoms with van der Waals surface area (Å²) in [7, 11) is 0. The van der Waals surface area contributed by atoms with E-state index in [1.165, 1.54) is 110 Å². The molecule has 422 valence electrons. The van der Waals surface area contributed by atoms with E-state index in [0.29, 0.717) is 0 Å². The van der Waals surface area contributed by atoms with Gasteiger partial charge in [-0.05, 0) is 98.5 Å². The van der Waals surface area contributed by atoms with Crippen molar-refractivity contribution in [2.75, 3.05) is 0 Å². The molecule has 6 heterocycles. The van der Waals surface area contributed by atoms with Crippen molar-refractivity contribution in [2.45, 2.75) is 186 Å². The third-order valence-electron chi connectivity index (χ3n) is 16.5. The van der Waals surface area contributed by atoms with Crippen LogP contribution < -0.4 is 27.4 Å². The lowest BCUT2D eigenvalue weighted by Gasteiger charge is -2.21. The lowest BCUT2D eigenvalue weighted by Crippen LogP contribution is -2.55. The Labute approximate surface area is 491 Å². The maximum Gasteiger partial charge on any atom is 0.286 e. The van der Waals surface area contributed by atoms with Gasteiger partial charge in [-0.3, -0.25) is 0 Å². The first kappa shape index (κ1) is 59.2. The van der Waals surface area contributed by atoms with Gasteiger partial charge in [0, 0.05) is 171 Å². The van der Waals surface area contributed by atoms with E-state index >= 15 is 0 Å². The molecule has 5 aromatic carbocycles. The summed E-state index contributed by atoms with van der Waals surface area (Å²) < 4.78 is 14.6. The number of fused-ring (bicyclic) bond motifs is 9. The van der Waals surface area contributed by atoms with Crippen LogP contribution in [0.25, 0.3) is 87.7 Å². The van der Waals surface area contributed by atoms with Crippen molar-refractivity contribution in [2.24, 2.45) is 0 Å². The predicted molar refractivity (Wildman–Crippen MR) is 345 cm³/mol. The SMILES string of the molecule is CC(C)(C)[n+]1ccc(-c2ccccc2)c2ccc3c(-c4ccccc4)cc[n+](C(C)(C)C)c3c21.CC(C)(C)[n+]1cccc2ccc3ccc[n+](C(C)(C)C)c3c21.Cc1c[n+](C(C)(C)C)c2c(ccc3c(C)c(C)c[n+](C(C)(C)C)c32)c1C. The molecule has 82 heavy (non-hydrogen) atoms. The van der Waals surface area contributed by atoms with Crippen molar-refractivity contribution in [1.29, 1.82) is 0 Å². The number of hydrogen-bond acceptors (Lipinski definition) is 0. The van der Waals surface area contributed by atoms with Crippen LogP contribution in [0.2, 0.25) is 0 Å². The first-order valence-electron chi connectivity index (χ1n) is 29.8. The number of rotatable bonds is 2. The standard InChI is InChI=1S/C32H34N2.C24H34N2.C20H26N2/c1-31(2,3)33-21-19-25(23-13-9-7-10-14-23)27-17-18-28-26(24-15-11-8-12-16-24)20-22-34(32(4,5)6)30(28)29(27)33;1-15-13-25(23(5,6)7)21-19(17(15)3)11-12-20-18(4)16(2)14-26(22(20)21)24(8,9)10;1-19(2,3)21-13-7-9-15-11-12-16-10-8-14-22(20(4,5)6)18(16)17(15)21/h7-22H,1-6H3;11-14H,1-10H3;7-14H,1-6H3/q3*+2. The second-order valence-corrected chi connectivity index (χ2v) is 29.0. The highest BCUT2D eigenvalue weighted by molar-refractivity contribution is 6.09. The number of hydrogen-bond donors (Lipinski definition) is 0. The maximum absolute atomic E-state index is 2.48. The molecule has 0 saturated heterocycles. The van der Waals surface area contributed by atoms with Crippen LogP contribution >= 0.6 is 0 Å². The molecule has 6 nitrogen and oxygen atoms in total. The Morgan fingerprint density at radius 1 is 0.244 bits per heavy atom. The van der Waals surface area contributed by atoms with Gasteiger partial charge in [0.1, 0.15) is 0 Å². The molecule has 11 rings (SSSR count). The van der Waals surface area contributed by atoms with Crippen LogP contribution in [0, 0.1) is 27.7 Å². The van der Waals surface area contributed by atoms with Crippen LogP contribution in [0.5, 0.6) is 0 Å². The Hall–Kier alpha value is -7.44. The lowest BCUT2D eigenvalue weighted by atomic mass is 9.93. The quantitative estimate of drug-likeness (QED) is 0.122. The zero-order valence-electron chi connectivity index (χ0n) is 53.8. The zero-order chi connectivity index (χ0) is 59.8. The summed E-state index contributed by atoms with van der Waals surface area (Å²) in [5, 5.41) is 7.84. The van der Waals surface area contributed by atoms with E-state index in [9.17, 15) is 0 Å². The van der Waals surface area contributed by atoms with E-state index in [0.717, 1.165) is 0 Å². The predicted octanol–water partition coefficient (Wildman–Crippen LogP) is 16.8. The Morgan fingerprint density at radius 3 is 0.829 bits per heavy atom. The normalized spacial score (nSPS) is 12.8. The molecule has 0 aliphatic heterocycles. The molecule has 0 aliphatic carbocycles. The van der Waals surface area contributed by atoms with Crippen molar-refractivity contribution >= 4 is 65.4 Å². The van der Waals surface area contributed by atoms with E-state index in [-0.39, 0.29) is 33.2 Å². The van der Waals surface area contributed by atoms with Crippen molar-refractivity contribution in [3.63, 3.8) is 0 Å². The fourth-order valence-electron chi connectivity index (χ4n) is 12.0. The number of benzene rings is 5. The molecule has 0 bridgehead atoms. The average molecular weight is 1090 g/mol. The largest absolute Gasteiger partial charge is 0.286 e. The topological polar surface area (TPSA) is 23.3 Å². The smallest absolute Gasteiger partial charge is 0.188 e. The van der Waals surface area contributed by atoms with E-state index in [2.05, 4.69) is 350 Å². The van der Waals surface area contributed by atoms with Gasteiger partial charge in [-0.25, -0.2) is 0 Å². The highest BCUT2D eigenvalue weighted by atomic mass is 15.1. The second kappa shape index (κ2) is 21.4. The third kappa shape index (κ3) is 11.3. The molecule has 0 amide bonds. The third-order valence-corrected chi connectivity index (χ3v) is 16.5. The Kier molecular flexibility index (Phi) is 15.4. The van der Waals surface area contributed by atoms with Crippen LogP contribution in [-0.4, -0.2) is 0 Å². The summed E-state index contributed by atoms with van der Waals surface area (Å²) in [5.41, 5.74) is 18.3. The minimum Gasteiger partial charge on any atom is -0.188 e. The fraction of sp³-hybridized carbons (Fsp3) is 0.368. The molecule has 0 N–H and O–H groups in total. The van der Waals surface area contributed by atoms with Gasteiger partial charge in [-0.2, -0.15) is 27.4 Å². The maximum atomic E-state index is 2.48. The second-order valence-electron chi connectivity index (χ2n) is 29.0. The lowest BCUT2D eigenvalue weighted by molar-refractivity contribution is -0.748. The zero-order valence-corrected chi connectivity index (χ0v) is 53.8. The minimum atomic E-state index is -0.0692. The molecule has 6 aromatic heterocycles. The minimum absolute atomic E-state index is 0.0134. The van der Waals surface area contributed by atoms with Gasteiger partial charge in [-0.15, -0.1) is 0 Å². The Balaban J connectivity index is 0.000000152. The van der Waals surface area contributed by atoms with Gasteiger partial charge in [0.15, 0.2) is 70.4 Å². The molecule has 0 aliphatic rings. The van der Waals surface area contributed by atoms with Crippen LogP contribution in [0.1, 0.15) is 147 Å². The first-order chi connectivity index (χ1) is 38.2. The number of aromatic nitrogens is 6.